The molecule has 0 N–H and O–H groups in total. The van der Waals surface area contributed by atoms with Gasteiger partial charge in [0.25, 0.3) is 0 Å². The Kier molecular flexibility index (Phi) is 4.54. The number of aryl methyl sites for hydroxylation is 1. The van der Waals surface area contributed by atoms with Crippen molar-refractivity contribution in [2.75, 3.05) is 6.61 Å². The summed E-state index contributed by atoms with van der Waals surface area (Å²) >= 11 is 0. The molecule has 2 nitrogen and oxygen atoms in total. The SMILES string of the molecule is CC1(C(=O)CCCc2ccccc2)CCCCO1. The molecule has 0 bridgehead atoms. The molecule has 1 aliphatic rings. The zero-order chi connectivity index (χ0) is 12.8. The van der Waals surface area contributed by atoms with Crippen LogP contribution in [0.1, 0.15) is 44.6 Å². The molecule has 1 aliphatic heterocycles. The van der Waals surface area contributed by atoms with Gasteiger partial charge in [-0.1, -0.05) is 30.3 Å². The molecule has 1 saturated heterocycles. The highest BCUT2D eigenvalue weighted by atomic mass is 16.5. The fourth-order valence-corrected chi connectivity index (χ4v) is 2.52. The second kappa shape index (κ2) is 6.14. The predicted molar refractivity (Wildman–Crippen MR) is 72.6 cm³/mol. The molecule has 1 aromatic carbocycles. The van der Waals surface area contributed by atoms with E-state index in [9.17, 15) is 4.79 Å². The van der Waals surface area contributed by atoms with E-state index >= 15 is 0 Å². The number of carbonyl (C=O) groups excluding carboxylic acids is 1. The van der Waals surface area contributed by atoms with Gasteiger partial charge in [-0.3, -0.25) is 4.79 Å². The first kappa shape index (κ1) is 13.3. The van der Waals surface area contributed by atoms with Crippen molar-refractivity contribution in [1.29, 1.82) is 0 Å². The minimum Gasteiger partial charge on any atom is -0.368 e. The molecule has 0 amide bonds. The Labute approximate surface area is 109 Å². The number of rotatable bonds is 5. The normalized spacial score (nSPS) is 23.8. The highest BCUT2D eigenvalue weighted by molar-refractivity contribution is 5.87. The van der Waals surface area contributed by atoms with Gasteiger partial charge in [0.2, 0.25) is 0 Å². The molecule has 2 heteroatoms. The van der Waals surface area contributed by atoms with E-state index in [0.717, 1.165) is 38.7 Å². The third kappa shape index (κ3) is 3.42. The fourth-order valence-electron chi connectivity index (χ4n) is 2.52. The molecule has 0 spiro atoms. The van der Waals surface area contributed by atoms with Crippen molar-refractivity contribution in [2.24, 2.45) is 0 Å². The van der Waals surface area contributed by atoms with E-state index in [1.54, 1.807) is 0 Å². The zero-order valence-corrected chi connectivity index (χ0v) is 11.2. The lowest BCUT2D eigenvalue weighted by Gasteiger charge is -2.32. The Morgan fingerprint density at radius 1 is 1.28 bits per heavy atom. The fraction of sp³-hybridized carbons (Fsp3) is 0.562. The highest BCUT2D eigenvalue weighted by Gasteiger charge is 2.34. The molecule has 0 aliphatic carbocycles. The largest absolute Gasteiger partial charge is 0.368 e. The lowest BCUT2D eigenvalue weighted by Crippen LogP contribution is -2.41. The monoisotopic (exact) mass is 246 g/mol. The molecular formula is C16H22O2. The van der Waals surface area contributed by atoms with E-state index in [2.05, 4.69) is 12.1 Å². The third-order valence-corrected chi connectivity index (χ3v) is 3.77. The van der Waals surface area contributed by atoms with E-state index in [-0.39, 0.29) is 5.78 Å². The minimum atomic E-state index is -0.505. The van der Waals surface area contributed by atoms with Gasteiger partial charge in [0.05, 0.1) is 0 Å². The van der Waals surface area contributed by atoms with Crippen LogP contribution in [0, 0.1) is 0 Å². The Morgan fingerprint density at radius 2 is 2.06 bits per heavy atom. The summed E-state index contributed by atoms with van der Waals surface area (Å²) in [6.45, 7) is 2.69. The molecule has 0 radical (unpaired) electrons. The summed E-state index contributed by atoms with van der Waals surface area (Å²) in [6.07, 6.45) is 5.61. The average molecular weight is 246 g/mol. The van der Waals surface area contributed by atoms with Crippen molar-refractivity contribution >= 4 is 5.78 Å². The smallest absolute Gasteiger partial charge is 0.164 e. The van der Waals surface area contributed by atoms with E-state index in [1.165, 1.54) is 5.56 Å². The lowest BCUT2D eigenvalue weighted by molar-refractivity contribution is -0.148. The summed E-state index contributed by atoms with van der Waals surface area (Å²) in [7, 11) is 0. The van der Waals surface area contributed by atoms with Gasteiger partial charge < -0.3 is 4.74 Å². The Hall–Kier alpha value is -1.15. The highest BCUT2D eigenvalue weighted by Crippen LogP contribution is 2.27. The molecule has 1 fully saturated rings. The summed E-state index contributed by atoms with van der Waals surface area (Å²) in [5.41, 5.74) is 0.801. The number of ether oxygens (including phenoxy) is 1. The quantitative estimate of drug-likeness (QED) is 0.794. The van der Waals surface area contributed by atoms with E-state index in [1.807, 2.05) is 25.1 Å². The maximum absolute atomic E-state index is 12.2. The van der Waals surface area contributed by atoms with Crippen molar-refractivity contribution in [1.82, 2.24) is 0 Å². The molecule has 0 aromatic heterocycles. The van der Waals surface area contributed by atoms with Crippen molar-refractivity contribution in [3.8, 4) is 0 Å². The summed E-state index contributed by atoms with van der Waals surface area (Å²) < 4.78 is 5.68. The van der Waals surface area contributed by atoms with Crippen LogP contribution in [-0.2, 0) is 16.0 Å². The minimum absolute atomic E-state index is 0.276. The van der Waals surface area contributed by atoms with E-state index < -0.39 is 5.60 Å². The second-order valence-electron chi connectivity index (χ2n) is 5.30. The first-order valence-corrected chi connectivity index (χ1v) is 6.92. The maximum Gasteiger partial charge on any atom is 0.164 e. The summed E-state index contributed by atoms with van der Waals surface area (Å²) in [5.74, 6) is 0.276. The number of benzene rings is 1. The van der Waals surface area contributed by atoms with Crippen LogP contribution in [-0.4, -0.2) is 18.0 Å². The van der Waals surface area contributed by atoms with Crippen molar-refractivity contribution in [3.05, 3.63) is 35.9 Å². The molecule has 1 aromatic rings. The lowest BCUT2D eigenvalue weighted by atomic mass is 9.88. The molecule has 0 saturated carbocycles. The Morgan fingerprint density at radius 3 is 2.72 bits per heavy atom. The molecule has 2 rings (SSSR count). The second-order valence-corrected chi connectivity index (χ2v) is 5.30. The third-order valence-electron chi connectivity index (χ3n) is 3.77. The van der Waals surface area contributed by atoms with Gasteiger partial charge >= 0.3 is 0 Å². The molecular weight excluding hydrogens is 224 g/mol. The van der Waals surface area contributed by atoms with Gasteiger partial charge in [-0.25, -0.2) is 0 Å². The van der Waals surface area contributed by atoms with Gasteiger partial charge in [-0.2, -0.15) is 0 Å². The van der Waals surface area contributed by atoms with Crippen LogP contribution in [0.25, 0.3) is 0 Å². The van der Waals surface area contributed by atoms with Crippen LogP contribution in [0.3, 0.4) is 0 Å². The van der Waals surface area contributed by atoms with Crippen molar-refractivity contribution in [2.45, 2.75) is 51.0 Å². The van der Waals surface area contributed by atoms with Gasteiger partial charge in [-0.15, -0.1) is 0 Å². The van der Waals surface area contributed by atoms with E-state index in [4.69, 9.17) is 4.74 Å². The molecule has 1 unspecified atom stereocenters. The predicted octanol–water partition coefficient (Wildman–Crippen LogP) is 3.54. The van der Waals surface area contributed by atoms with Gasteiger partial charge in [0, 0.05) is 13.0 Å². The Bertz CT molecular complexity index is 377. The summed E-state index contributed by atoms with van der Waals surface area (Å²) in [4.78, 5) is 12.2. The molecule has 1 heterocycles. The van der Waals surface area contributed by atoms with Crippen LogP contribution in [0.15, 0.2) is 30.3 Å². The average Bonchev–Trinajstić information content (AvgIpc) is 2.41. The number of Topliss-reactive ketones (excluding diaryl/α,β-unsaturated/α-hetero) is 1. The van der Waals surface area contributed by atoms with Gasteiger partial charge in [-0.05, 0) is 44.6 Å². The standard InChI is InChI=1S/C16H22O2/c1-16(12-5-6-13-18-16)15(17)11-7-10-14-8-3-2-4-9-14/h2-4,8-9H,5-7,10-13H2,1H3. The van der Waals surface area contributed by atoms with Crippen LogP contribution < -0.4 is 0 Å². The molecule has 98 valence electrons. The van der Waals surface area contributed by atoms with Gasteiger partial charge in [0.1, 0.15) is 5.60 Å². The molecule has 1 atom stereocenters. The number of ketones is 1. The number of hydrogen-bond donors (Lipinski definition) is 0. The van der Waals surface area contributed by atoms with Crippen LogP contribution >= 0.6 is 0 Å². The topological polar surface area (TPSA) is 26.3 Å². The van der Waals surface area contributed by atoms with Crippen LogP contribution in [0.2, 0.25) is 0 Å². The van der Waals surface area contributed by atoms with Crippen molar-refractivity contribution in [3.63, 3.8) is 0 Å². The van der Waals surface area contributed by atoms with Gasteiger partial charge in [0.15, 0.2) is 5.78 Å². The Balaban J connectivity index is 1.78. The summed E-state index contributed by atoms with van der Waals surface area (Å²) in [6, 6.07) is 10.3. The number of hydrogen-bond acceptors (Lipinski definition) is 2. The summed E-state index contributed by atoms with van der Waals surface area (Å²) in [5, 5.41) is 0. The zero-order valence-electron chi connectivity index (χ0n) is 11.2. The first-order chi connectivity index (χ1) is 8.71. The van der Waals surface area contributed by atoms with Crippen molar-refractivity contribution < 1.29 is 9.53 Å². The molecule has 18 heavy (non-hydrogen) atoms. The maximum atomic E-state index is 12.2. The number of carbonyl (C=O) groups is 1. The van der Waals surface area contributed by atoms with Crippen LogP contribution in [0.4, 0.5) is 0 Å². The van der Waals surface area contributed by atoms with E-state index in [0.29, 0.717) is 6.42 Å². The van der Waals surface area contributed by atoms with Crippen LogP contribution in [0.5, 0.6) is 0 Å². The first-order valence-electron chi connectivity index (χ1n) is 6.92.